The molecule has 29 heavy (non-hydrogen) atoms. The number of nitrogens with zero attached hydrogens (tertiary/aromatic N) is 1. The lowest BCUT2D eigenvalue weighted by molar-refractivity contribution is -0.135. The number of carbonyl (C=O) groups excluding carboxylic acids is 2. The van der Waals surface area contributed by atoms with Crippen molar-refractivity contribution in [3.05, 3.63) is 47.3 Å². The summed E-state index contributed by atoms with van der Waals surface area (Å²) in [5.74, 6) is 0.549. The average molecular weight is 413 g/mol. The second-order valence-corrected chi connectivity index (χ2v) is 9.81. The molecule has 5 heteroatoms. The van der Waals surface area contributed by atoms with Crippen LogP contribution in [-0.2, 0) is 16.0 Å². The molecule has 1 saturated heterocycles. The molecule has 1 aromatic heterocycles. The Kier molecular flexibility index (Phi) is 6.78. The zero-order valence-corrected chi connectivity index (χ0v) is 18.7. The monoisotopic (exact) mass is 412 g/mol. The van der Waals surface area contributed by atoms with Crippen molar-refractivity contribution in [3.63, 3.8) is 0 Å². The van der Waals surface area contributed by atoms with Crippen LogP contribution >= 0.6 is 11.3 Å². The topological polar surface area (TPSA) is 49.4 Å². The highest BCUT2D eigenvalue weighted by Crippen LogP contribution is 2.38. The van der Waals surface area contributed by atoms with Gasteiger partial charge in [-0.25, -0.2) is 0 Å². The molecule has 1 fully saturated rings. The minimum atomic E-state index is -0.577. The Bertz CT molecular complexity index is 844. The summed E-state index contributed by atoms with van der Waals surface area (Å²) in [6, 6.07) is 12.5. The van der Waals surface area contributed by atoms with Crippen LogP contribution < -0.4 is 5.32 Å². The van der Waals surface area contributed by atoms with E-state index >= 15 is 0 Å². The zero-order valence-electron chi connectivity index (χ0n) is 17.9. The molecule has 1 N–H and O–H groups in total. The molecule has 1 aromatic carbocycles. The van der Waals surface area contributed by atoms with Gasteiger partial charge in [-0.3, -0.25) is 9.59 Å². The maximum Gasteiger partial charge on any atom is 0.228 e. The van der Waals surface area contributed by atoms with Crippen LogP contribution in [0.5, 0.6) is 0 Å². The highest BCUT2D eigenvalue weighted by atomic mass is 32.1. The molecule has 0 unspecified atom stereocenters. The molecular weight excluding hydrogens is 380 g/mol. The highest BCUT2D eigenvalue weighted by Gasteiger charge is 2.46. The summed E-state index contributed by atoms with van der Waals surface area (Å²) in [7, 11) is 0. The van der Waals surface area contributed by atoms with E-state index < -0.39 is 5.41 Å². The Hall–Kier alpha value is -2.14. The first kappa shape index (κ1) is 21.6. The van der Waals surface area contributed by atoms with Crippen molar-refractivity contribution in [2.75, 3.05) is 19.6 Å². The predicted molar refractivity (Wildman–Crippen MR) is 120 cm³/mol. The number of nitrogens with one attached hydrogen (secondary N) is 1. The molecule has 0 spiro atoms. The van der Waals surface area contributed by atoms with E-state index in [0.29, 0.717) is 38.4 Å². The van der Waals surface area contributed by atoms with Gasteiger partial charge in [0.1, 0.15) is 0 Å². The van der Waals surface area contributed by atoms with Gasteiger partial charge in [0.05, 0.1) is 5.41 Å². The van der Waals surface area contributed by atoms with Crippen molar-refractivity contribution in [1.29, 1.82) is 0 Å². The number of hydrogen-bond acceptors (Lipinski definition) is 3. The minimum Gasteiger partial charge on any atom is -0.355 e. The summed E-state index contributed by atoms with van der Waals surface area (Å²) in [5, 5.41) is 5.23. The molecule has 2 amide bonds. The van der Waals surface area contributed by atoms with Crippen molar-refractivity contribution >= 4 is 23.2 Å². The predicted octanol–water partition coefficient (Wildman–Crippen LogP) is 4.60. The second-order valence-electron chi connectivity index (χ2n) is 8.86. The lowest BCUT2D eigenvalue weighted by Crippen LogP contribution is -2.46. The number of carbonyl (C=O) groups is 2. The molecule has 3 rings (SSSR count). The van der Waals surface area contributed by atoms with Gasteiger partial charge in [0, 0.05) is 30.4 Å². The van der Waals surface area contributed by atoms with Crippen LogP contribution in [0.4, 0.5) is 0 Å². The Morgan fingerprint density at radius 3 is 2.55 bits per heavy atom. The fourth-order valence-corrected chi connectivity index (χ4v) is 4.82. The Morgan fingerprint density at radius 1 is 1.14 bits per heavy atom. The van der Waals surface area contributed by atoms with E-state index in [-0.39, 0.29) is 17.7 Å². The molecule has 2 aromatic rings. The number of benzene rings is 1. The first-order chi connectivity index (χ1) is 13.8. The Labute approximate surface area is 178 Å². The third-order valence-electron chi connectivity index (χ3n) is 5.64. The van der Waals surface area contributed by atoms with Gasteiger partial charge in [-0.05, 0) is 41.3 Å². The standard InChI is InChI=1S/C24H32N2O2S/c1-17(2)15-25-23(28)24(11-12-26(16-24)22(27)18(3)4)14-19-8-5-6-9-20(19)21-10-7-13-29-21/h5-10,13,17-18H,11-12,14-16H2,1-4H3,(H,25,28)/t24-/m0/s1. The summed E-state index contributed by atoms with van der Waals surface area (Å²) < 4.78 is 0. The van der Waals surface area contributed by atoms with Gasteiger partial charge in [-0.15, -0.1) is 11.3 Å². The first-order valence-electron chi connectivity index (χ1n) is 10.5. The Morgan fingerprint density at radius 2 is 1.90 bits per heavy atom. The number of hydrogen-bond donors (Lipinski definition) is 1. The van der Waals surface area contributed by atoms with Gasteiger partial charge in [-0.2, -0.15) is 0 Å². The summed E-state index contributed by atoms with van der Waals surface area (Å²) in [5.41, 5.74) is 1.79. The van der Waals surface area contributed by atoms with Gasteiger partial charge in [0.25, 0.3) is 0 Å². The van der Waals surface area contributed by atoms with Crippen LogP contribution in [0, 0.1) is 17.3 Å². The SMILES string of the molecule is CC(C)CNC(=O)[C@]1(Cc2ccccc2-c2cccs2)CCN(C(=O)C(C)C)C1. The molecule has 0 radical (unpaired) electrons. The fraction of sp³-hybridized carbons (Fsp3) is 0.500. The Balaban J connectivity index is 1.91. The number of likely N-dealkylation sites (tertiary alicyclic amines) is 1. The largest absolute Gasteiger partial charge is 0.355 e. The van der Waals surface area contributed by atoms with E-state index in [1.807, 2.05) is 30.9 Å². The average Bonchev–Trinajstić information content (AvgIpc) is 3.37. The van der Waals surface area contributed by atoms with E-state index in [9.17, 15) is 9.59 Å². The zero-order chi connectivity index (χ0) is 21.0. The van der Waals surface area contributed by atoms with Gasteiger partial charge >= 0.3 is 0 Å². The lowest BCUT2D eigenvalue weighted by Gasteiger charge is -2.30. The molecule has 0 saturated carbocycles. The molecule has 156 valence electrons. The van der Waals surface area contributed by atoms with Crippen molar-refractivity contribution in [3.8, 4) is 10.4 Å². The molecule has 0 aliphatic carbocycles. The van der Waals surface area contributed by atoms with Gasteiger partial charge in [0.2, 0.25) is 11.8 Å². The minimum absolute atomic E-state index is 0.0528. The third-order valence-corrected chi connectivity index (χ3v) is 6.55. The fourth-order valence-electron chi connectivity index (χ4n) is 4.03. The number of thiophene rings is 1. The molecule has 2 heterocycles. The highest BCUT2D eigenvalue weighted by molar-refractivity contribution is 7.13. The van der Waals surface area contributed by atoms with Gasteiger partial charge in [-0.1, -0.05) is 58.0 Å². The van der Waals surface area contributed by atoms with Crippen molar-refractivity contribution in [2.45, 2.75) is 40.5 Å². The summed E-state index contributed by atoms with van der Waals surface area (Å²) >= 11 is 1.71. The third kappa shape index (κ3) is 4.89. The van der Waals surface area contributed by atoms with E-state index in [4.69, 9.17) is 0 Å². The molecule has 1 aliphatic rings. The summed E-state index contributed by atoms with van der Waals surface area (Å²) in [6.07, 6.45) is 1.35. The maximum atomic E-state index is 13.4. The molecule has 1 atom stereocenters. The summed E-state index contributed by atoms with van der Waals surface area (Å²) in [4.78, 5) is 29.1. The normalized spacial score (nSPS) is 19.2. The van der Waals surface area contributed by atoms with Crippen LogP contribution in [-0.4, -0.2) is 36.3 Å². The molecular formula is C24H32N2O2S. The first-order valence-corrected chi connectivity index (χ1v) is 11.4. The van der Waals surface area contributed by atoms with E-state index in [0.717, 1.165) is 0 Å². The van der Waals surface area contributed by atoms with Crippen molar-refractivity contribution < 1.29 is 9.59 Å². The maximum absolute atomic E-state index is 13.4. The second kappa shape index (κ2) is 9.12. The molecule has 0 bridgehead atoms. The van der Waals surface area contributed by atoms with Crippen molar-refractivity contribution in [1.82, 2.24) is 10.2 Å². The van der Waals surface area contributed by atoms with Crippen LogP contribution in [0.25, 0.3) is 10.4 Å². The van der Waals surface area contributed by atoms with Crippen molar-refractivity contribution in [2.24, 2.45) is 17.3 Å². The number of amides is 2. The summed E-state index contributed by atoms with van der Waals surface area (Å²) in [6.45, 7) is 9.84. The number of rotatable bonds is 7. The quantitative estimate of drug-likeness (QED) is 0.722. The van der Waals surface area contributed by atoms with Gasteiger partial charge < -0.3 is 10.2 Å². The van der Waals surface area contributed by atoms with E-state index in [1.165, 1.54) is 16.0 Å². The van der Waals surface area contributed by atoms with E-state index in [1.54, 1.807) is 11.3 Å². The van der Waals surface area contributed by atoms with Crippen LogP contribution in [0.2, 0.25) is 0 Å². The van der Waals surface area contributed by atoms with Crippen LogP contribution in [0.1, 0.15) is 39.7 Å². The smallest absolute Gasteiger partial charge is 0.228 e. The van der Waals surface area contributed by atoms with Crippen LogP contribution in [0.3, 0.4) is 0 Å². The van der Waals surface area contributed by atoms with Gasteiger partial charge in [0.15, 0.2) is 0 Å². The van der Waals surface area contributed by atoms with Crippen LogP contribution in [0.15, 0.2) is 41.8 Å². The molecule has 1 aliphatic heterocycles. The lowest BCUT2D eigenvalue weighted by atomic mass is 9.78. The van der Waals surface area contributed by atoms with E-state index in [2.05, 4.69) is 48.8 Å². The molecule has 4 nitrogen and oxygen atoms in total.